The van der Waals surface area contributed by atoms with Crippen LogP contribution in [-0.2, 0) is 9.59 Å². The molecular formula is C50H80O9. The number of carboxylic acid groups (broad SMARTS) is 1. The van der Waals surface area contributed by atoms with Crippen molar-refractivity contribution in [2.75, 3.05) is 0 Å². The zero-order valence-electron chi connectivity index (χ0n) is 37.1. The first-order chi connectivity index (χ1) is 27.7. The van der Waals surface area contributed by atoms with Crippen LogP contribution in [-0.4, -0.2) is 84.1 Å². The lowest BCUT2D eigenvalue weighted by atomic mass is 9.40. The first-order valence-electron chi connectivity index (χ1n) is 24.6. The molecule has 9 aliphatic carbocycles. The van der Waals surface area contributed by atoms with Crippen molar-refractivity contribution in [3.05, 3.63) is 0 Å². The summed E-state index contributed by atoms with van der Waals surface area (Å²) in [5.41, 5.74) is -1.02. The number of Topliss-reactive ketones (excluding diaryl/α,β-unsaturated/α-hetero) is 1. The largest absolute Gasteiger partial charge is 0.481 e. The first kappa shape index (κ1) is 43.2. The highest BCUT2D eigenvalue weighted by Crippen LogP contribution is 2.77. The molecule has 9 saturated carbocycles. The summed E-state index contributed by atoms with van der Waals surface area (Å²) in [6.07, 6.45) is 10.2. The summed E-state index contributed by atoms with van der Waals surface area (Å²) in [4.78, 5) is 26.3. The molecule has 9 heteroatoms. The van der Waals surface area contributed by atoms with Crippen LogP contribution in [0.2, 0.25) is 0 Å². The number of rotatable bonds is 9. The average Bonchev–Trinajstić information content (AvgIpc) is 3.72. The molecular weight excluding hydrogens is 745 g/mol. The molecule has 1 spiro atoms. The van der Waals surface area contributed by atoms with Crippen LogP contribution >= 0.6 is 0 Å². The van der Waals surface area contributed by atoms with Gasteiger partial charge in [0.1, 0.15) is 5.78 Å². The van der Waals surface area contributed by atoms with Gasteiger partial charge in [0.2, 0.25) is 0 Å². The molecule has 9 fully saturated rings. The van der Waals surface area contributed by atoms with Crippen LogP contribution < -0.4 is 0 Å². The molecule has 9 nitrogen and oxygen atoms in total. The second-order valence-electron chi connectivity index (χ2n) is 24.3. The predicted molar refractivity (Wildman–Crippen MR) is 223 cm³/mol. The molecule has 0 aromatic heterocycles. The Kier molecular flexibility index (Phi) is 10.8. The van der Waals surface area contributed by atoms with Gasteiger partial charge in [-0.3, -0.25) is 9.59 Å². The number of fused-ring (bicyclic) bond motifs is 11. The minimum absolute atomic E-state index is 0.0115. The first-order valence-corrected chi connectivity index (χ1v) is 24.6. The van der Waals surface area contributed by atoms with E-state index >= 15 is 0 Å². The number of carbonyl (C=O) groups excluding carboxylic acids is 1. The summed E-state index contributed by atoms with van der Waals surface area (Å²) in [7, 11) is 0. The minimum atomic E-state index is -0.793. The van der Waals surface area contributed by atoms with Crippen molar-refractivity contribution in [1.82, 2.24) is 0 Å². The summed E-state index contributed by atoms with van der Waals surface area (Å²) < 4.78 is 0. The fourth-order valence-electron chi connectivity index (χ4n) is 19.5. The quantitative estimate of drug-likeness (QED) is 0.129. The van der Waals surface area contributed by atoms with Crippen molar-refractivity contribution in [2.45, 2.75) is 194 Å². The van der Waals surface area contributed by atoms with E-state index in [9.17, 15) is 45.3 Å². The van der Waals surface area contributed by atoms with E-state index in [1.807, 2.05) is 0 Å². The molecule has 0 heterocycles. The van der Waals surface area contributed by atoms with E-state index in [1.165, 1.54) is 0 Å². The van der Waals surface area contributed by atoms with Crippen molar-refractivity contribution >= 4 is 11.8 Å². The molecule has 0 radical (unpaired) electrons. The third-order valence-electron chi connectivity index (χ3n) is 22.7. The van der Waals surface area contributed by atoms with E-state index in [1.54, 1.807) is 0 Å². The van der Waals surface area contributed by atoms with Gasteiger partial charge >= 0.3 is 5.97 Å². The predicted octanol–water partition coefficient (Wildman–Crippen LogP) is 7.01. The lowest BCUT2D eigenvalue weighted by Gasteiger charge is -2.66. The second kappa shape index (κ2) is 14.7. The van der Waals surface area contributed by atoms with Gasteiger partial charge in [0.25, 0.3) is 0 Å². The van der Waals surface area contributed by atoms with E-state index in [2.05, 4.69) is 41.5 Å². The van der Waals surface area contributed by atoms with Gasteiger partial charge in [-0.25, -0.2) is 0 Å². The summed E-state index contributed by atoms with van der Waals surface area (Å²) >= 11 is 0. The summed E-state index contributed by atoms with van der Waals surface area (Å²) in [5, 5.41) is 80.1. The monoisotopic (exact) mass is 825 g/mol. The molecule has 23 unspecified atom stereocenters. The number of hydrogen-bond acceptors (Lipinski definition) is 8. The van der Waals surface area contributed by atoms with Gasteiger partial charge in [0.05, 0.1) is 36.6 Å². The Morgan fingerprint density at radius 3 is 1.64 bits per heavy atom. The molecule has 0 saturated heterocycles. The molecule has 0 aromatic rings. The van der Waals surface area contributed by atoms with Gasteiger partial charge in [-0.1, -0.05) is 41.5 Å². The Labute approximate surface area is 353 Å². The van der Waals surface area contributed by atoms with E-state index in [0.717, 1.165) is 64.2 Å². The number of hydrogen-bond donors (Lipinski definition) is 7. The maximum atomic E-state index is 14.9. The Morgan fingerprint density at radius 1 is 0.576 bits per heavy atom. The smallest absolute Gasteiger partial charge is 0.303 e. The maximum absolute atomic E-state index is 14.9. The highest BCUT2D eigenvalue weighted by atomic mass is 16.4. The van der Waals surface area contributed by atoms with Crippen molar-refractivity contribution in [3.63, 3.8) is 0 Å². The van der Waals surface area contributed by atoms with Gasteiger partial charge in [-0.05, 0) is 201 Å². The van der Waals surface area contributed by atoms with Gasteiger partial charge in [-0.2, -0.15) is 0 Å². The van der Waals surface area contributed by atoms with Crippen LogP contribution in [0.3, 0.4) is 0 Å². The lowest BCUT2D eigenvalue weighted by Crippen LogP contribution is -2.65. The second-order valence-corrected chi connectivity index (χ2v) is 24.3. The fourth-order valence-corrected chi connectivity index (χ4v) is 19.5. The van der Waals surface area contributed by atoms with E-state index in [4.69, 9.17) is 0 Å². The number of ketones is 1. The molecule has 9 rings (SSSR count). The number of carboxylic acids is 1. The molecule has 334 valence electrons. The van der Waals surface area contributed by atoms with Crippen LogP contribution in [0.1, 0.15) is 157 Å². The van der Waals surface area contributed by atoms with Crippen LogP contribution in [0.4, 0.5) is 0 Å². The van der Waals surface area contributed by atoms with Gasteiger partial charge < -0.3 is 35.7 Å². The Hall–Kier alpha value is -1.10. The normalized spacial score (nSPS) is 55.4. The summed E-state index contributed by atoms with van der Waals surface area (Å²) in [6.45, 7) is 13.6. The van der Waals surface area contributed by atoms with Crippen LogP contribution in [0.25, 0.3) is 0 Å². The standard InChI is InChI=1S/C50H80O9/c1-25(31-10-12-34-45-37(23-42(57)48(31,34)5)49(6)28(20-40(45)55)18-30(52)24-50(49)15-16-50)7-13-38(53)35-21-29(51)17-27-19-39(54)44-33-11-9-32(26(2)8-14-43(58)59)47(33,4)41(56)22-36(44)46(27,35)3/h25-37,39-42,44-45,51-52,54-57H,7-24H2,1-6H3,(H,58,59). The van der Waals surface area contributed by atoms with E-state index in [0.29, 0.717) is 50.9 Å². The highest BCUT2D eigenvalue weighted by molar-refractivity contribution is 5.82. The number of aliphatic hydroxyl groups excluding tert-OH is 6. The zero-order chi connectivity index (χ0) is 42.4. The Bertz CT molecular complexity index is 1630. The SMILES string of the molecule is CC(CCC(=O)O)C1CCC2C3C(O)CC4CC(O)CC(C(=O)CCC(C)C5CCC6C7C(O)CC8CC(O)CC9(CC9)C8(C)C7CC(O)C56C)C4(C)C3CC(O)C12C. The molecule has 0 aromatic carbocycles. The van der Waals surface area contributed by atoms with Crippen molar-refractivity contribution < 1.29 is 45.3 Å². The molecule has 23 atom stereocenters. The van der Waals surface area contributed by atoms with E-state index < -0.39 is 47.3 Å². The maximum Gasteiger partial charge on any atom is 0.303 e. The summed E-state index contributed by atoms with van der Waals surface area (Å²) in [5.74, 6) is 0.762. The summed E-state index contributed by atoms with van der Waals surface area (Å²) in [6, 6.07) is 0. The van der Waals surface area contributed by atoms with Crippen molar-refractivity contribution in [1.29, 1.82) is 0 Å². The molecule has 7 N–H and O–H groups in total. The van der Waals surface area contributed by atoms with Crippen LogP contribution in [0.15, 0.2) is 0 Å². The molecule has 59 heavy (non-hydrogen) atoms. The van der Waals surface area contributed by atoms with Gasteiger partial charge in [-0.15, -0.1) is 0 Å². The zero-order valence-corrected chi connectivity index (χ0v) is 37.1. The lowest BCUT2D eigenvalue weighted by molar-refractivity contribution is -0.228. The van der Waals surface area contributed by atoms with Crippen LogP contribution in [0.5, 0.6) is 0 Å². The van der Waals surface area contributed by atoms with Crippen LogP contribution in [0, 0.1) is 104 Å². The number of carbonyl (C=O) groups is 2. The van der Waals surface area contributed by atoms with Gasteiger partial charge in [0, 0.05) is 18.8 Å². The highest BCUT2D eigenvalue weighted by Gasteiger charge is 2.73. The van der Waals surface area contributed by atoms with Crippen molar-refractivity contribution in [3.8, 4) is 0 Å². The minimum Gasteiger partial charge on any atom is -0.481 e. The topological polar surface area (TPSA) is 176 Å². The van der Waals surface area contributed by atoms with E-state index in [-0.39, 0.29) is 106 Å². The third kappa shape index (κ3) is 6.08. The van der Waals surface area contributed by atoms with Crippen molar-refractivity contribution in [2.24, 2.45) is 104 Å². The Balaban J connectivity index is 0.916. The third-order valence-corrected chi connectivity index (χ3v) is 22.7. The fraction of sp³-hybridized carbons (Fsp3) is 0.960. The molecule has 0 bridgehead atoms. The average molecular weight is 825 g/mol. The molecule has 0 aliphatic heterocycles. The number of aliphatic carboxylic acids is 1. The van der Waals surface area contributed by atoms with Gasteiger partial charge in [0.15, 0.2) is 0 Å². The molecule has 9 aliphatic rings. The number of aliphatic hydroxyl groups is 6. The molecule has 0 amide bonds. The Morgan fingerprint density at radius 2 is 1.08 bits per heavy atom.